The van der Waals surface area contributed by atoms with Crippen molar-refractivity contribution < 1.29 is 0 Å². The van der Waals surface area contributed by atoms with Gasteiger partial charge in [0.25, 0.3) is 44.5 Å². The lowest BCUT2D eigenvalue weighted by Crippen LogP contribution is -2.36. The predicted molar refractivity (Wildman–Crippen MR) is 200 cm³/mol. The van der Waals surface area contributed by atoms with E-state index in [-0.39, 0.29) is 43.1 Å². The highest BCUT2D eigenvalue weighted by atomic mass is 16.2. The second-order valence-electron chi connectivity index (χ2n) is 13.8. The van der Waals surface area contributed by atoms with Gasteiger partial charge in [0, 0.05) is 7.05 Å². The maximum absolute atomic E-state index is 13.9. The Morgan fingerprint density at radius 2 is 0.712 bits per heavy atom. The fraction of sp³-hybridized carbons (Fsp3) is 0.200. The van der Waals surface area contributed by atoms with Gasteiger partial charge in [0.15, 0.2) is 0 Å². The summed E-state index contributed by atoms with van der Waals surface area (Å²) in [7, 11) is 1.29. The van der Waals surface area contributed by atoms with E-state index in [2.05, 4.69) is 32.9 Å². The van der Waals surface area contributed by atoms with E-state index in [0.29, 0.717) is 32.4 Å². The van der Waals surface area contributed by atoms with Crippen LogP contribution in [-0.2, 0) is 20.1 Å². The molecule has 12 heteroatoms. The molecule has 0 saturated heterocycles. The number of aromatic nitrogens is 4. The van der Waals surface area contributed by atoms with E-state index in [0.717, 1.165) is 20.3 Å². The van der Waals surface area contributed by atoms with Crippen molar-refractivity contribution in [1.29, 1.82) is 0 Å². The zero-order valence-corrected chi connectivity index (χ0v) is 29.1. The molecule has 4 aromatic heterocycles. The Morgan fingerprint density at radius 3 is 1.08 bits per heavy atom. The maximum Gasteiger partial charge on any atom is 0.266 e. The van der Waals surface area contributed by atoms with Gasteiger partial charge in [-0.1, -0.05) is 24.3 Å². The molecule has 258 valence electrons. The fourth-order valence-electron chi connectivity index (χ4n) is 7.73. The number of hydrogen-bond acceptors (Lipinski definition) is 8. The Labute approximate surface area is 291 Å². The Hall–Kier alpha value is -6.56. The topological polar surface area (TPSA) is 156 Å². The molecule has 12 nitrogen and oxygen atoms in total. The summed E-state index contributed by atoms with van der Waals surface area (Å²) >= 11 is 0. The summed E-state index contributed by atoms with van der Waals surface area (Å²) in [6, 6.07) is 13.0. The molecule has 0 bridgehead atoms. The smallest absolute Gasteiger partial charge is 0.266 e. The normalized spacial score (nSPS) is 12.0. The zero-order chi connectivity index (χ0) is 37.2. The molecule has 0 fully saturated rings. The van der Waals surface area contributed by atoms with Crippen LogP contribution in [0.2, 0.25) is 0 Å². The summed E-state index contributed by atoms with van der Waals surface area (Å²) < 4.78 is 3.33. The van der Waals surface area contributed by atoms with Crippen LogP contribution < -0.4 is 44.5 Å². The molecule has 0 N–H and O–H groups in total. The van der Waals surface area contributed by atoms with Gasteiger partial charge in [-0.25, -0.2) is 4.57 Å². The number of nitrogens with zero attached hydrogens (tertiary/aromatic N) is 4. The lowest BCUT2D eigenvalue weighted by Gasteiger charge is -2.14. The molecule has 8 rings (SSSR count). The van der Waals surface area contributed by atoms with Gasteiger partial charge in [-0.15, -0.1) is 0 Å². The molecule has 0 spiro atoms. The third kappa shape index (κ3) is 4.39. The van der Waals surface area contributed by atoms with E-state index in [4.69, 9.17) is 0 Å². The van der Waals surface area contributed by atoms with Crippen LogP contribution in [0.3, 0.4) is 0 Å². The molecular weight excluding hydrogens is 664 g/mol. The van der Waals surface area contributed by atoms with Gasteiger partial charge in [-0.05, 0) is 104 Å². The quantitative estimate of drug-likeness (QED) is 0.266. The molecule has 8 aromatic rings. The molecule has 4 heterocycles. The summed E-state index contributed by atoms with van der Waals surface area (Å²) in [5.41, 5.74) is 1.73. The van der Waals surface area contributed by atoms with Gasteiger partial charge < -0.3 is 0 Å². The minimum atomic E-state index is -0.856. The number of fused-ring (bicyclic) bond motifs is 4. The third-order valence-corrected chi connectivity index (χ3v) is 10.6. The molecule has 0 atom stereocenters. The van der Waals surface area contributed by atoms with Crippen LogP contribution >= 0.6 is 0 Å². The Balaban J connectivity index is 1.22. The molecule has 0 amide bonds. The lowest BCUT2D eigenvalue weighted by molar-refractivity contribution is 0.564. The van der Waals surface area contributed by atoms with Crippen molar-refractivity contribution in [3.05, 3.63) is 170 Å². The van der Waals surface area contributed by atoms with Crippen LogP contribution in [0.15, 0.2) is 86.9 Å². The summed E-state index contributed by atoms with van der Waals surface area (Å²) in [4.78, 5) is 107. The Morgan fingerprint density at radius 1 is 0.404 bits per heavy atom. The van der Waals surface area contributed by atoms with Crippen LogP contribution in [0.4, 0.5) is 0 Å². The van der Waals surface area contributed by atoms with Gasteiger partial charge in [-0.2, -0.15) is 0 Å². The maximum atomic E-state index is 13.9. The first kappa shape index (κ1) is 32.6. The molecular formula is C40H30N4O8. The van der Waals surface area contributed by atoms with E-state index in [1.165, 1.54) is 48.0 Å². The second kappa shape index (κ2) is 11.0. The number of hydrogen-bond donors (Lipinski definition) is 0. The Kier molecular flexibility index (Phi) is 6.88. The minimum Gasteiger partial charge on any atom is -0.277 e. The second-order valence-corrected chi connectivity index (χ2v) is 13.8. The van der Waals surface area contributed by atoms with Crippen LogP contribution in [0, 0.1) is 34.6 Å². The molecule has 0 saturated carbocycles. The van der Waals surface area contributed by atoms with Crippen molar-refractivity contribution in [2.75, 3.05) is 0 Å². The molecule has 0 aliphatic heterocycles. The summed E-state index contributed by atoms with van der Waals surface area (Å²) in [6.45, 7) is 9.15. The summed E-state index contributed by atoms with van der Waals surface area (Å²) in [5, 5.41) is -0.701. The zero-order valence-electron chi connectivity index (χ0n) is 29.1. The summed E-state index contributed by atoms with van der Waals surface area (Å²) in [6.07, 6.45) is 0.666. The van der Waals surface area contributed by atoms with Crippen LogP contribution in [-0.4, -0.2) is 18.3 Å². The van der Waals surface area contributed by atoms with Crippen molar-refractivity contribution >= 4 is 43.1 Å². The van der Waals surface area contributed by atoms with Crippen molar-refractivity contribution in [3.63, 3.8) is 0 Å². The molecule has 0 aliphatic rings. The van der Waals surface area contributed by atoms with Crippen LogP contribution in [0.1, 0.15) is 38.9 Å². The van der Waals surface area contributed by atoms with E-state index < -0.39 is 51.1 Å². The van der Waals surface area contributed by atoms with Crippen molar-refractivity contribution in [2.24, 2.45) is 7.05 Å². The van der Waals surface area contributed by atoms with Gasteiger partial charge in [0.2, 0.25) is 0 Å². The summed E-state index contributed by atoms with van der Waals surface area (Å²) in [5.74, 6) is 0. The highest BCUT2D eigenvalue weighted by Crippen LogP contribution is 2.25. The lowest BCUT2D eigenvalue weighted by atomic mass is 9.94. The van der Waals surface area contributed by atoms with Gasteiger partial charge in [-0.3, -0.25) is 52.1 Å². The average molecular weight is 695 g/mol. The van der Waals surface area contributed by atoms with Gasteiger partial charge in [0.1, 0.15) is 6.67 Å². The molecule has 0 aliphatic carbocycles. The van der Waals surface area contributed by atoms with E-state index in [9.17, 15) is 38.4 Å². The van der Waals surface area contributed by atoms with Gasteiger partial charge >= 0.3 is 0 Å². The number of rotatable bonds is 5. The first-order valence-corrected chi connectivity index (χ1v) is 16.6. The first-order chi connectivity index (χ1) is 24.6. The SMILES string of the molecule is Cc1cc(Cc2cc(C)c(-n3c(=O)c4cc5c(=O)n(Cn6c(=O)c7cc8c(=O)n(C)c(=O)c8cc7c6=O)c(=O)c5cc4c3=O)c(C)c2)cc(C)c1C. The molecule has 0 unspecified atom stereocenters. The van der Waals surface area contributed by atoms with Crippen LogP contribution in [0.25, 0.3) is 48.8 Å². The number of benzene rings is 4. The van der Waals surface area contributed by atoms with Crippen molar-refractivity contribution in [2.45, 2.75) is 47.7 Å². The third-order valence-electron chi connectivity index (χ3n) is 10.6. The largest absolute Gasteiger partial charge is 0.277 e. The van der Waals surface area contributed by atoms with Crippen LogP contribution in [0.5, 0.6) is 0 Å². The van der Waals surface area contributed by atoms with Crippen molar-refractivity contribution in [3.8, 4) is 5.69 Å². The van der Waals surface area contributed by atoms with E-state index >= 15 is 0 Å². The standard InChI is InChI=1S/C40H30N4O8/c1-17-7-22(8-18(2)21(17)5)11-23-9-19(3)32(20(4)10-23)44-39(51)30-14-28-29(15-31(30)40(44)52)38(50)43(37(28)49)16-42-35(47)26-12-24-25(13-27(26)36(42)48)34(46)41(6)33(24)45/h7-10,12-15H,11,16H2,1-6H3. The molecule has 52 heavy (non-hydrogen) atoms. The van der Waals surface area contributed by atoms with Crippen molar-refractivity contribution in [1.82, 2.24) is 18.3 Å². The van der Waals surface area contributed by atoms with Gasteiger partial charge in [0.05, 0.1) is 48.8 Å². The highest BCUT2D eigenvalue weighted by Gasteiger charge is 2.24. The molecule has 0 radical (unpaired) electrons. The monoisotopic (exact) mass is 694 g/mol. The average Bonchev–Trinajstić information content (AvgIpc) is 3.66. The van der Waals surface area contributed by atoms with E-state index in [1.807, 2.05) is 26.0 Å². The van der Waals surface area contributed by atoms with E-state index in [1.54, 1.807) is 0 Å². The Bertz CT molecular complexity index is 3170. The molecule has 4 aromatic carbocycles. The highest BCUT2D eigenvalue weighted by molar-refractivity contribution is 5.99. The fourth-order valence-corrected chi connectivity index (χ4v) is 7.73. The first-order valence-electron chi connectivity index (χ1n) is 16.6. The minimum absolute atomic E-state index is 0.0263. The predicted octanol–water partition coefficient (Wildman–Crippen LogP) is 2.30. The number of aryl methyl sites for hydroxylation is 4.